The molecule has 3 rings (SSSR count). The van der Waals surface area contributed by atoms with Crippen molar-refractivity contribution in [2.24, 2.45) is 0 Å². The summed E-state index contributed by atoms with van der Waals surface area (Å²) < 4.78 is 29.7. The maximum absolute atomic E-state index is 13.1. The Morgan fingerprint density at radius 3 is 1.73 bits per heavy atom. The van der Waals surface area contributed by atoms with Crippen LogP contribution < -0.4 is 10.1 Å². The minimum Gasteiger partial charge on any atom is -0.479 e. The highest BCUT2D eigenvalue weighted by molar-refractivity contribution is 5.76. The number of carbonyl (C=O) groups is 2. The van der Waals surface area contributed by atoms with Crippen LogP contribution in [0, 0.1) is 5.82 Å². The molecule has 1 aliphatic heterocycles. The van der Waals surface area contributed by atoms with Crippen molar-refractivity contribution < 1.29 is 58.8 Å². The fourth-order valence-corrected chi connectivity index (χ4v) is 7.56. The van der Waals surface area contributed by atoms with Crippen LogP contribution in [-0.2, 0) is 25.5 Å². The molecule has 1 fully saturated rings. The number of rotatable bonds is 33. The third-order valence-corrected chi connectivity index (χ3v) is 11.4. The van der Waals surface area contributed by atoms with Crippen molar-refractivity contribution in [3.8, 4) is 11.5 Å². The maximum atomic E-state index is 13.1. The predicted octanol–water partition coefficient (Wildman–Crippen LogP) is 7.88. The van der Waals surface area contributed by atoms with Gasteiger partial charge in [0.25, 0.3) is 0 Å². The van der Waals surface area contributed by atoms with E-state index in [-0.39, 0.29) is 18.1 Å². The number of carboxylic acid groups (broad SMARTS) is 1. The molecule has 60 heavy (non-hydrogen) atoms. The van der Waals surface area contributed by atoms with Crippen LogP contribution >= 0.6 is 0 Å². The van der Waals surface area contributed by atoms with Crippen LogP contribution in [0.25, 0.3) is 0 Å². The first-order valence-corrected chi connectivity index (χ1v) is 22.7. The van der Waals surface area contributed by atoms with E-state index in [1.165, 1.54) is 69.1 Å². The van der Waals surface area contributed by atoms with Gasteiger partial charge in [-0.05, 0) is 67.6 Å². The second kappa shape index (κ2) is 30.0. The molecule has 8 atom stereocenters. The standard InChI is InChI=1S/C47H74FNO11/c1-2-3-4-5-6-7-8-9-10-14-17-20-23-39(50)41(52)38(33-58-47-44(55)42(53)43(54)45(60-47)46(56)57)49-40(51)24-21-18-15-12-11-13-16-19-22-34-25-29-36(30-26-34)59-37-31-27-35(48)28-32-37/h25-32,38-39,41-45,47,50,52-55H,2-24,33H2,1H3,(H,49,51)(H,56,57)/t38-,39+,41-,42-,43+,44+,45-,47-/m0/s1. The average Bonchev–Trinajstić information content (AvgIpc) is 3.24. The number of nitrogens with one attached hydrogen (secondary N) is 1. The number of aliphatic carboxylic acids is 1. The number of ether oxygens (including phenoxy) is 3. The Hall–Kier alpha value is -3.17. The van der Waals surface area contributed by atoms with E-state index in [2.05, 4.69) is 24.4 Å². The smallest absolute Gasteiger partial charge is 0.335 e. The summed E-state index contributed by atoms with van der Waals surface area (Å²) in [5.41, 5.74) is 1.24. The third kappa shape index (κ3) is 20.1. The van der Waals surface area contributed by atoms with Crippen LogP contribution in [0.15, 0.2) is 48.5 Å². The molecule has 1 saturated heterocycles. The van der Waals surface area contributed by atoms with Gasteiger partial charge in [0.2, 0.25) is 5.91 Å². The number of carbonyl (C=O) groups excluding carboxylic acids is 1. The normalized spacial score (nSPS) is 20.7. The predicted molar refractivity (Wildman–Crippen MR) is 228 cm³/mol. The number of aryl methyl sites for hydroxylation is 1. The topological polar surface area (TPSA) is 195 Å². The summed E-state index contributed by atoms with van der Waals surface area (Å²) in [6.45, 7) is 1.77. The largest absolute Gasteiger partial charge is 0.479 e. The third-order valence-electron chi connectivity index (χ3n) is 11.4. The number of aliphatic hydroxyl groups is 5. The van der Waals surface area contributed by atoms with Crippen molar-refractivity contribution >= 4 is 11.9 Å². The first kappa shape index (κ1) is 51.2. The minimum absolute atomic E-state index is 0.195. The lowest BCUT2D eigenvalue weighted by atomic mass is 9.98. The first-order chi connectivity index (χ1) is 29.0. The molecule has 13 heteroatoms. The quantitative estimate of drug-likeness (QED) is 0.0346. The zero-order chi connectivity index (χ0) is 43.5. The number of benzene rings is 2. The monoisotopic (exact) mass is 848 g/mol. The van der Waals surface area contributed by atoms with E-state index in [0.717, 1.165) is 70.6 Å². The Morgan fingerprint density at radius 2 is 1.18 bits per heavy atom. The molecule has 1 heterocycles. The van der Waals surface area contributed by atoms with Crippen LogP contribution in [0.1, 0.15) is 154 Å². The van der Waals surface area contributed by atoms with E-state index in [9.17, 15) is 44.6 Å². The number of unbranched alkanes of at least 4 members (excludes halogenated alkanes) is 18. The van der Waals surface area contributed by atoms with Crippen LogP contribution in [0.2, 0.25) is 0 Å². The number of hydrogen-bond acceptors (Lipinski definition) is 10. The minimum atomic E-state index is -1.89. The SMILES string of the molecule is CCCCCCCCCCCCCC[C@@H](O)[C@@H](O)[C@H](CO[C@H]1O[C@H](C(=O)O)[C@H](O)[C@H](O)[C@H]1O)NC(=O)CCCCCCCCCCc1ccc(Oc2ccc(F)cc2)cc1. The second-order valence-electron chi connectivity index (χ2n) is 16.5. The molecule has 0 bridgehead atoms. The van der Waals surface area contributed by atoms with Crippen molar-refractivity contribution in [1.82, 2.24) is 5.32 Å². The lowest BCUT2D eigenvalue weighted by molar-refractivity contribution is -0.296. The van der Waals surface area contributed by atoms with Crippen LogP contribution in [0.4, 0.5) is 4.39 Å². The van der Waals surface area contributed by atoms with Gasteiger partial charge in [-0.1, -0.05) is 135 Å². The molecule has 12 nitrogen and oxygen atoms in total. The van der Waals surface area contributed by atoms with E-state index in [1.54, 1.807) is 12.1 Å². The Kier molecular flexibility index (Phi) is 25.6. The molecule has 0 saturated carbocycles. The fourth-order valence-electron chi connectivity index (χ4n) is 7.56. The van der Waals surface area contributed by atoms with Gasteiger partial charge in [-0.2, -0.15) is 0 Å². The van der Waals surface area contributed by atoms with E-state index in [4.69, 9.17) is 14.2 Å². The Bertz CT molecular complexity index is 1430. The second-order valence-corrected chi connectivity index (χ2v) is 16.5. The van der Waals surface area contributed by atoms with Crippen molar-refractivity contribution in [1.29, 1.82) is 0 Å². The van der Waals surface area contributed by atoms with Gasteiger partial charge in [0.1, 0.15) is 41.7 Å². The zero-order valence-corrected chi connectivity index (χ0v) is 35.8. The van der Waals surface area contributed by atoms with Gasteiger partial charge in [0.05, 0.1) is 18.8 Å². The van der Waals surface area contributed by atoms with E-state index >= 15 is 0 Å². The number of halogens is 1. The molecule has 0 radical (unpaired) electrons. The van der Waals surface area contributed by atoms with Gasteiger partial charge >= 0.3 is 5.97 Å². The maximum Gasteiger partial charge on any atom is 0.335 e. The molecule has 0 spiro atoms. The molecule has 0 aliphatic carbocycles. The molecule has 2 aromatic rings. The lowest BCUT2D eigenvalue weighted by Crippen LogP contribution is -2.61. The summed E-state index contributed by atoms with van der Waals surface area (Å²) in [5, 5.41) is 64.8. The molecule has 1 aliphatic rings. The van der Waals surface area contributed by atoms with Crippen molar-refractivity contribution in [2.75, 3.05) is 6.61 Å². The van der Waals surface area contributed by atoms with Crippen molar-refractivity contribution in [3.05, 3.63) is 59.9 Å². The van der Waals surface area contributed by atoms with Gasteiger partial charge in [-0.25, -0.2) is 9.18 Å². The number of aliphatic hydroxyl groups excluding tert-OH is 5. The Labute approximate surface area is 356 Å². The van der Waals surface area contributed by atoms with Gasteiger partial charge in [0.15, 0.2) is 12.4 Å². The van der Waals surface area contributed by atoms with Gasteiger partial charge in [-0.15, -0.1) is 0 Å². The molecule has 2 aromatic carbocycles. The van der Waals surface area contributed by atoms with E-state index in [0.29, 0.717) is 30.8 Å². The summed E-state index contributed by atoms with van der Waals surface area (Å²) >= 11 is 0. The van der Waals surface area contributed by atoms with Crippen LogP contribution in [0.5, 0.6) is 11.5 Å². The summed E-state index contributed by atoms with van der Waals surface area (Å²) in [7, 11) is 0. The molecular weight excluding hydrogens is 774 g/mol. The van der Waals surface area contributed by atoms with Crippen LogP contribution in [0.3, 0.4) is 0 Å². The molecule has 1 amide bonds. The highest BCUT2D eigenvalue weighted by Gasteiger charge is 2.48. The molecule has 0 unspecified atom stereocenters. The van der Waals surface area contributed by atoms with Gasteiger partial charge in [0, 0.05) is 6.42 Å². The number of carboxylic acids is 1. The highest BCUT2D eigenvalue weighted by atomic mass is 19.1. The average molecular weight is 848 g/mol. The molecular formula is C47H74FNO11. The van der Waals surface area contributed by atoms with E-state index < -0.39 is 61.5 Å². The summed E-state index contributed by atoms with van der Waals surface area (Å²) in [5.74, 6) is -0.908. The Balaban J connectivity index is 1.34. The number of hydrogen-bond donors (Lipinski definition) is 7. The fraction of sp³-hybridized carbons (Fsp3) is 0.702. The van der Waals surface area contributed by atoms with E-state index in [1.807, 2.05) is 12.1 Å². The summed E-state index contributed by atoms with van der Waals surface area (Å²) in [6, 6.07) is 12.8. The Morgan fingerprint density at radius 1 is 0.683 bits per heavy atom. The van der Waals surface area contributed by atoms with Gasteiger partial charge in [-0.3, -0.25) is 4.79 Å². The zero-order valence-electron chi connectivity index (χ0n) is 35.8. The highest BCUT2D eigenvalue weighted by Crippen LogP contribution is 2.25. The van der Waals surface area contributed by atoms with Crippen LogP contribution in [-0.4, -0.2) is 98.1 Å². The van der Waals surface area contributed by atoms with Crippen molar-refractivity contribution in [2.45, 2.75) is 204 Å². The molecule has 0 aromatic heterocycles. The summed E-state index contributed by atoms with van der Waals surface area (Å²) in [6.07, 6.45) is 11.7. The summed E-state index contributed by atoms with van der Waals surface area (Å²) in [4.78, 5) is 24.6. The molecule has 340 valence electrons. The van der Waals surface area contributed by atoms with Crippen molar-refractivity contribution in [3.63, 3.8) is 0 Å². The lowest BCUT2D eigenvalue weighted by Gasteiger charge is -2.39. The number of amides is 1. The molecule has 7 N–H and O–H groups in total. The van der Waals surface area contributed by atoms with Gasteiger partial charge < -0.3 is 50.2 Å². The first-order valence-electron chi connectivity index (χ1n) is 22.7.